The van der Waals surface area contributed by atoms with Gasteiger partial charge in [0.2, 0.25) is 5.82 Å². The number of amides is 1. The molecular formula is C10H16N4O6. The fraction of sp³-hybridized carbons (Fsp3) is 0.700. The van der Waals surface area contributed by atoms with Crippen LogP contribution in [0, 0.1) is 0 Å². The van der Waals surface area contributed by atoms with Crippen LogP contribution in [-0.4, -0.2) is 90.7 Å². The first-order valence-corrected chi connectivity index (χ1v) is 5.90. The van der Waals surface area contributed by atoms with Crippen LogP contribution in [0.1, 0.15) is 10.6 Å². The number of hydrogen-bond acceptors (Lipinski definition) is 8. The second-order valence-electron chi connectivity index (χ2n) is 4.47. The number of likely N-dealkylation sites (N-methyl/N-ethyl adjacent to an activating group) is 1. The van der Waals surface area contributed by atoms with E-state index in [0.29, 0.717) is 0 Å². The monoisotopic (exact) mass is 288 g/mol. The minimum absolute atomic E-state index is 0.0653. The predicted molar refractivity (Wildman–Crippen MR) is 62.2 cm³/mol. The summed E-state index contributed by atoms with van der Waals surface area (Å²) in [4.78, 5) is 16.7. The molecule has 0 aliphatic carbocycles. The molecule has 1 amide bonds. The number of carbonyl (C=O) groups is 1. The van der Waals surface area contributed by atoms with Crippen molar-refractivity contribution in [3.63, 3.8) is 0 Å². The van der Waals surface area contributed by atoms with Crippen molar-refractivity contribution in [3.05, 3.63) is 12.2 Å². The number of hydrogen-bond donors (Lipinski definition) is 5. The minimum atomic E-state index is -1.55. The minimum Gasteiger partial charge on any atom is -0.394 e. The normalized spacial score (nSPS) is 34.0. The number of carbonyl (C=O) groups excluding carboxylic acids is 1. The molecule has 0 unspecified atom stereocenters. The van der Waals surface area contributed by atoms with Crippen LogP contribution in [0.2, 0.25) is 0 Å². The third-order valence-corrected chi connectivity index (χ3v) is 3.19. The number of ether oxygens (including phenoxy) is 1. The van der Waals surface area contributed by atoms with Crippen LogP contribution in [0.4, 0.5) is 0 Å². The van der Waals surface area contributed by atoms with Crippen LogP contribution < -0.4 is 0 Å². The van der Waals surface area contributed by atoms with Crippen LogP contribution in [0.25, 0.3) is 0 Å². The maximum Gasteiger partial charge on any atom is 0.293 e. The van der Waals surface area contributed by atoms with Gasteiger partial charge in [-0.25, -0.2) is 4.98 Å². The molecule has 1 aliphatic rings. The van der Waals surface area contributed by atoms with Gasteiger partial charge in [-0.15, -0.1) is 0 Å². The molecule has 1 aliphatic heterocycles. The van der Waals surface area contributed by atoms with E-state index in [-0.39, 0.29) is 5.82 Å². The molecule has 0 radical (unpaired) electrons. The molecule has 2 heterocycles. The number of nitrogens with zero attached hydrogens (tertiary/aromatic N) is 3. The summed E-state index contributed by atoms with van der Waals surface area (Å²) in [5, 5.41) is 44.2. The van der Waals surface area contributed by atoms with E-state index in [0.717, 1.165) is 11.2 Å². The van der Waals surface area contributed by atoms with E-state index < -0.39 is 43.2 Å². The van der Waals surface area contributed by atoms with Gasteiger partial charge >= 0.3 is 0 Å². The van der Waals surface area contributed by atoms with E-state index in [1.807, 2.05) is 0 Å². The van der Waals surface area contributed by atoms with E-state index in [1.54, 1.807) is 0 Å². The zero-order valence-corrected chi connectivity index (χ0v) is 10.6. The zero-order valence-electron chi connectivity index (χ0n) is 10.6. The summed E-state index contributed by atoms with van der Waals surface area (Å²) in [7, 11) is 1.33. The number of aliphatic hydroxyl groups is 4. The van der Waals surface area contributed by atoms with Gasteiger partial charge in [0, 0.05) is 7.05 Å². The number of nitrogens with one attached hydrogen (secondary N) is 1. The quantitative estimate of drug-likeness (QED) is 0.387. The molecule has 2 rings (SSSR count). The van der Waals surface area contributed by atoms with Crippen molar-refractivity contribution < 1.29 is 30.0 Å². The maximum atomic E-state index is 12.0. The number of rotatable bonds is 3. The first-order chi connectivity index (χ1) is 9.47. The first-order valence-electron chi connectivity index (χ1n) is 5.90. The molecular weight excluding hydrogens is 272 g/mol. The lowest BCUT2D eigenvalue weighted by Crippen LogP contribution is -2.63. The van der Waals surface area contributed by atoms with Gasteiger partial charge in [-0.05, 0) is 0 Å². The molecule has 10 heteroatoms. The summed E-state index contributed by atoms with van der Waals surface area (Å²) in [5.41, 5.74) is 0. The van der Waals surface area contributed by atoms with E-state index in [4.69, 9.17) is 9.84 Å². The Morgan fingerprint density at radius 3 is 2.65 bits per heavy atom. The van der Waals surface area contributed by atoms with Crippen molar-refractivity contribution in [1.29, 1.82) is 0 Å². The maximum absolute atomic E-state index is 12.0. The van der Waals surface area contributed by atoms with Crippen molar-refractivity contribution in [2.24, 2.45) is 0 Å². The highest BCUT2D eigenvalue weighted by Gasteiger charge is 2.46. The lowest BCUT2D eigenvalue weighted by Gasteiger charge is -2.43. The predicted octanol–water partition coefficient (Wildman–Crippen LogP) is -3.32. The van der Waals surface area contributed by atoms with E-state index in [9.17, 15) is 20.1 Å². The third kappa shape index (κ3) is 2.51. The highest BCUT2D eigenvalue weighted by Crippen LogP contribution is 2.23. The SMILES string of the molecule is CN(C(=O)c1ncn[nH]1)[C@@H]1O[C@H](CO)[C@H](O)[C@@H](O)[C@H]1O. The summed E-state index contributed by atoms with van der Waals surface area (Å²) in [6.45, 7) is -0.564. The van der Waals surface area contributed by atoms with Gasteiger partial charge in [-0.2, -0.15) is 5.10 Å². The Labute approximate surface area is 113 Å². The summed E-state index contributed by atoms with van der Waals surface area (Å²) in [6.07, 6.45) is -5.71. The van der Waals surface area contributed by atoms with Crippen LogP contribution in [0.3, 0.4) is 0 Å². The third-order valence-electron chi connectivity index (χ3n) is 3.19. The van der Waals surface area contributed by atoms with Crippen molar-refractivity contribution >= 4 is 5.91 Å². The van der Waals surface area contributed by atoms with E-state index >= 15 is 0 Å². The van der Waals surface area contributed by atoms with Gasteiger partial charge in [-0.1, -0.05) is 0 Å². The molecule has 1 fully saturated rings. The summed E-state index contributed by atoms with van der Waals surface area (Å²) in [5.74, 6) is -0.684. The Kier molecular flexibility index (Phi) is 4.30. The molecule has 1 aromatic rings. The highest BCUT2D eigenvalue weighted by atomic mass is 16.6. The second-order valence-corrected chi connectivity index (χ2v) is 4.47. The number of aliphatic hydroxyl groups excluding tert-OH is 4. The van der Waals surface area contributed by atoms with E-state index in [2.05, 4.69) is 15.2 Å². The van der Waals surface area contributed by atoms with Crippen molar-refractivity contribution in [1.82, 2.24) is 20.1 Å². The lowest BCUT2D eigenvalue weighted by atomic mass is 9.98. The molecule has 0 bridgehead atoms. The Morgan fingerprint density at radius 1 is 1.40 bits per heavy atom. The zero-order chi connectivity index (χ0) is 14.9. The Balaban J connectivity index is 2.16. The first kappa shape index (κ1) is 14.8. The summed E-state index contributed by atoms with van der Waals surface area (Å²) >= 11 is 0. The summed E-state index contributed by atoms with van der Waals surface area (Å²) in [6, 6.07) is 0. The van der Waals surface area contributed by atoms with Gasteiger partial charge in [0.1, 0.15) is 30.7 Å². The van der Waals surface area contributed by atoms with Crippen molar-refractivity contribution in [2.75, 3.05) is 13.7 Å². The molecule has 0 aromatic carbocycles. The Hall–Kier alpha value is -1.59. The van der Waals surface area contributed by atoms with Crippen molar-refractivity contribution in [3.8, 4) is 0 Å². The van der Waals surface area contributed by atoms with Gasteiger partial charge in [-0.3, -0.25) is 9.89 Å². The van der Waals surface area contributed by atoms with Crippen LogP contribution in [0.15, 0.2) is 6.33 Å². The molecule has 5 atom stereocenters. The largest absolute Gasteiger partial charge is 0.394 e. The second kappa shape index (κ2) is 5.81. The molecule has 10 nitrogen and oxygen atoms in total. The van der Waals surface area contributed by atoms with Crippen LogP contribution in [-0.2, 0) is 4.74 Å². The fourth-order valence-electron chi connectivity index (χ4n) is 1.99. The molecule has 1 saturated heterocycles. The molecule has 112 valence electrons. The summed E-state index contributed by atoms with van der Waals surface area (Å²) < 4.78 is 5.24. The van der Waals surface area contributed by atoms with Gasteiger partial charge in [0.15, 0.2) is 6.23 Å². The van der Waals surface area contributed by atoms with Gasteiger partial charge in [0.05, 0.1) is 6.61 Å². The van der Waals surface area contributed by atoms with Crippen LogP contribution >= 0.6 is 0 Å². The number of aromatic nitrogens is 3. The average molecular weight is 288 g/mol. The fourth-order valence-corrected chi connectivity index (χ4v) is 1.99. The number of H-pyrrole nitrogens is 1. The average Bonchev–Trinajstić information content (AvgIpc) is 2.98. The molecule has 20 heavy (non-hydrogen) atoms. The molecule has 0 spiro atoms. The molecule has 5 N–H and O–H groups in total. The molecule has 1 aromatic heterocycles. The van der Waals surface area contributed by atoms with E-state index in [1.165, 1.54) is 7.05 Å². The smallest absolute Gasteiger partial charge is 0.293 e. The lowest BCUT2D eigenvalue weighted by molar-refractivity contribution is -0.254. The van der Waals surface area contributed by atoms with Gasteiger partial charge < -0.3 is 30.1 Å². The highest BCUT2D eigenvalue weighted by molar-refractivity contribution is 5.90. The van der Waals surface area contributed by atoms with Gasteiger partial charge in [0.25, 0.3) is 5.91 Å². The Bertz CT molecular complexity index is 453. The topological polar surface area (TPSA) is 152 Å². The number of aromatic amines is 1. The standard InChI is InChI=1S/C10H16N4O6/c1-14(9(19)8-11-3-12-13-8)10-7(18)6(17)5(16)4(2-15)20-10/h3-7,10,15-18H,2H2,1H3,(H,11,12,13)/t4-,5+,6-,7-,10-/m1/s1. The molecule has 0 saturated carbocycles. The van der Waals surface area contributed by atoms with Crippen LogP contribution in [0.5, 0.6) is 0 Å². The van der Waals surface area contributed by atoms with Crippen molar-refractivity contribution in [2.45, 2.75) is 30.6 Å². The Morgan fingerprint density at radius 2 is 2.10 bits per heavy atom.